The summed E-state index contributed by atoms with van der Waals surface area (Å²) in [7, 11) is 1.61. The second-order valence-corrected chi connectivity index (χ2v) is 6.12. The van der Waals surface area contributed by atoms with Gasteiger partial charge in [0.1, 0.15) is 11.6 Å². The highest BCUT2D eigenvalue weighted by atomic mass is 127. The van der Waals surface area contributed by atoms with Crippen LogP contribution in [0.3, 0.4) is 0 Å². The zero-order valence-corrected chi connectivity index (χ0v) is 17.4. The largest absolute Gasteiger partial charge is 0.389 e. The van der Waals surface area contributed by atoms with Crippen molar-refractivity contribution in [1.29, 1.82) is 0 Å². The van der Waals surface area contributed by atoms with Gasteiger partial charge in [0.2, 0.25) is 0 Å². The molecule has 27 heavy (non-hydrogen) atoms. The maximum absolute atomic E-state index is 13.9. The highest BCUT2D eigenvalue weighted by Gasteiger charge is 2.26. The van der Waals surface area contributed by atoms with E-state index in [1.165, 1.54) is 6.07 Å². The van der Waals surface area contributed by atoms with Crippen molar-refractivity contribution in [2.24, 2.45) is 4.99 Å². The summed E-state index contributed by atoms with van der Waals surface area (Å²) in [5.74, 6) is -0.344. The third kappa shape index (κ3) is 7.67. The van der Waals surface area contributed by atoms with Gasteiger partial charge < -0.3 is 15.1 Å². The van der Waals surface area contributed by atoms with Crippen molar-refractivity contribution in [3.8, 4) is 0 Å². The van der Waals surface area contributed by atoms with Crippen LogP contribution in [0.1, 0.15) is 19.3 Å². The normalized spacial score (nSPS) is 15.6. The van der Waals surface area contributed by atoms with Gasteiger partial charge in [0.25, 0.3) is 0 Å². The van der Waals surface area contributed by atoms with Crippen LogP contribution in [0, 0.1) is 11.6 Å². The van der Waals surface area contributed by atoms with E-state index in [9.17, 15) is 22.0 Å². The van der Waals surface area contributed by atoms with Crippen molar-refractivity contribution in [2.45, 2.75) is 25.4 Å². The van der Waals surface area contributed by atoms with Crippen molar-refractivity contribution < 1.29 is 22.0 Å². The number of nitrogens with one attached hydrogen (secondary N) is 1. The number of benzene rings is 1. The molecule has 1 saturated heterocycles. The third-order valence-electron chi connectivity index (χ3n) is 4.21. The smallest absolute Gasteiger partial charge is 0.366 e. The molecule has 0 saturated carbocycles. The summed E-state index contributed by atoms with van der Waals surface area (Å²) in [4.78, 5) is 7.87. The minimum atomic E-state index is -4.12. The van der Waals surface area contributed by atoms with E-state index in [1.54, 1.807) is 11.9 Å². The summed E-state index contributed by atoms with van der Waals surface area (Å²) in [6, 6.07) is 3.37. The van der Waals surface area contributed by atoms with E-state index in [2.05, 4.69) is 10.3 Å². The van der Waals surface area contributed by atoms with Crippen LogP contribution >= 0.6 is 24.0 Å². The predicted octanol–water partition coefficient (Wildman–Crippen LogP) is 4.01. The molecule has 2 rings (SSSR count). The minimum Gasteiger partial charge on any atom is -0.366 e. The predicted molar refractivity (Wildman–Crippen MR) is 107 cm³/mol. The zero-order valence-electron chi connectivity index (χ0n) is 15.0. The topological polar surface area (TPSA) is 30.9 Å². The second kappa shape index (κ2) is 10.9. The summed E-state index contributed by atoms with van der Waals surface area (Å²) in [6.45, 7) is 2.50. The van der Waals surface area contributed by atoms with Gasteiger partial charge in [0.15, 0.2) is 5.96 Å². The molecule has 1 aliphatic heterocycles. The molecule has 0 bridgehead atoms. The number of halogens is 6. The highest BCUT2D eigenvalue weighted by Crippen LogP contribution is 2.23. The number of anilines is 1. The molecule has 1 heterocycles. The molecule has 1 aromatic rings. The number of alkyl halides is 3. The Hall–Kier alpha value is -1.33. The molecular formula is C17H24F5IN4. The Labute approximate surface area is 172 Å². The SMILES string of the molecule is CN=C(NCCCCC(F)(F)F)N1CCN(c2cc(F)ccc2F)CC1.I. The van der Waals surface area contributed by atoms with Crippen LogP contribution in [0.25, 0.3) is 0 Å². The monoisotopic (exact) mass is 506 g/mol. The van der Waals surface area contributed by atoms with E-state index in [4.69, 9.17) is 0 Å². The average molecular weight is 506 g/mol. The lowest BCUT2D eigenvalue weighted by Gasteiger charge is -2.37. The molecule has 10 heteroatoms. The van der Waals surface area contributed by atoms with Gasteiger partial charge in [0.05, 0.1) is 5.69 Å². The molecule has 1 N–H and O–H groups in total. The molecule has 154 valence electrons. The van der Waals surface area contributed by atoms with Gasteiger partial charge in [-0.1, -0.05) is 0 Å². The molecule has 1 aliphatic rings. The van der Waals surface area contributed by atoms with Crippen LogP contribution in [0.2, 0.25) is 0 Å². The Kier molecular flexibility index (Phi) is 9.54. The van der Waals surface area contributed by atoms with Gasteiger partial charge >= 0.3 is 6.18 Å². The quantitative estimate of drug-likeness (QED) is 0.215. The Morgan fingerprint density at radius 1 is 1.11 bits per heavy atom. The first-order chi connectivity index (χ1) is 12.3. The fraction of sp³-hybridized carbons (Fsp3) is 0.588. The number of piperazine rings is 1. The van der Waals surface area contributed by atoms with Crippen molar-refractivity contribution in [2.75, 3.05) is 44.7 Å². The van der Waals surface area contributed by atoms with E-state index in [1.807, 2.05) is 4.90 Å². The van der Waals surface area contributed by atoms with Crippen LogP contribution < -0.4 is 10.2 Å². The summed E-state index contributed by atoms with van der Waals surface area (Å²) < 4.78 is 63.6. The summed E-state index contributed by atoms with van der Waals surface area (Å²) in [6.07, 6.45) is -4.44. The van der Waals surface area contributed by atoms with E-state index in [-0.39, 0.29) is 36.1 Å². The Bertz CT molecular complexity index is 616. The van der Waals surface area contributed by atoms with E-state index < -0.39 is 24.2 Å². The number of rotatable bonds is 5. The van der Waals surface area contributed by atoms with Crippen molar-refractivity contribution in [3.05, 3.63) is 29.8 Å². The lowest BCUT2D eigenvalue weighted by atomic mass is 10.2. The maximum Gasteiger partial charge on any atom is 0.389 e. The van der Waals surface area contributed by atoms with Gasteiger partial charge in [-0.05, 0) is 25.0 Å². The van der Waals surface area contributed by atoms with Gasteiger partial charge in [-0.2, -0.15) is 13.2 Å². The zero-order chi connectivity index (χ0) is 19.2. The summed E-state index contributed by atoms with van der Waals surface area (Å²) in [5.41, 5.74) is 0.236. The standard InChI is InChI=1S/C17H23F5N4.HI/c1-23-16(24-7-3-2-6-17(20,21)22)26-10-8-25(9-11-26)15-12-13(18)4-5-14(15)19;/h4-5,12H,2-3,6-11H2,1H3,(H,23,24);1H. The minimum absolute atomic E-state index is 0. The molecule has 1 fully saturated rings. The van der Waals surface area contributed by atoms with Crippen LogP contribution in [0.15, 0.2) is 23.2 Å². The van der Waals surface area contributed by atoms with Crippen LogP contribution in [-0.4, -0.2) is 56.8 Å². The number of unbranched alkanes of at least 4 members (excludes halogenated alkanes) is 1. The summed E-state index contributed by atoms with van der Waals surface area (Å²) >= 11 is 0. The molecule has 1 aromatic carbocycles. The highest BCUT2D eigenvalue weighted by molar-refractivity contribution is 14.0. The molecule has 0 amide bonds. The van der Waals surface area contributed by atoms with Gasteiger partial charge in [-0.25, -0.2) is 8.78 Å². The first-order valence-electron chi connectivity index (χ1n) is 8.52. The molecule has 0 aromatic heterocycles. The van der Waals surface area contributed by atoms with Crippen LogP contribution in [0.5, 0.6) is 0 Å². The fourth-order valence-electron chi connectivity index (χ4n) is 2.87. The summed E-state index contributed by atoms with van der Waals surface area (Å²) in [5, 5.41) is 3.06. The Morgan fingerprint density at radius 3 is 2.37 bits per heavy atom. The number of nitrogens with zero attached hydrogens (tertiary/aromatic N) is 3. The van der Waals surface area contributed by atoms with E-state index in [0.29, 0.717) is 45.1 Å². The molecule has 0 aliphatic carbocycles. The Balaban J connectivity index is 0.00000364. The Morgan fingerprint density at radius 2 is 1.78 bits per heavy atom. The lowest BCUT2D eigenvalue weighted by Crippen LogP contribution is -2.52. The van der Waals surface area contributed by atoms with Crippen molar-refractivity contribution in [1.82, 2.24) is 10.2 Å². The maximum atomic E-state index is 13.9. The second-order valence-electron chi connectivity index (χ2n) is 6.12. The molecular weight excluding hydrogens is 482 g/mol. The van der Waals surface area contributed by atoms with Crippen molar-refractivity contribution in [3.63, 3.8) is 0 Å². The van der Waals surface area contributed by atoms with Gasteiger partial charge in [0, 0.05) is 52.3 Å². The number of aliphatic imine (C=N–C) groups is 1. The lowest BCUT2D eigenvalue weighted by molar-refractivity contribution is -0.135. The van der Waals surface area contributed by atoms with Crippen molar-refractivity contribution >= 4 is 35.6 Å². The van der Waals surface area contributed by atoms with Crippen LogP contribution in [-0.2, 0) is 0 Å². The van der Waals surface area contributed by atoms with Crippen LogP contribution in [0.4, 0.5) is 27.6 Å². The van der Waals surface area contributed by atoms with Gasteiger partial charge in [-0.15, -0.1) is 24.0 Å². The van der Waals surface area contributed by atoms with E-state index in [0.717, 1.165) is 12.1 Å². The molecule has 0 unspecified atom stereocenters. The number of hydrogen-bond donors (Lipinski definition) is 1. The molecule has 4 nitrogen and oxygen atoms in total. The van der Waals surface area contributed by atoms with E-state index >= 15 is 0 Å². The molecule has 0 atom stereocenters. The first-order valence-corrected chi connectivity index (χ1v) is 8.52. The third-order valence-corrected chi connectivity index (χ3v) is 4.21. The first kappa shape index (κ1) is 23.7. The molecule has 0 spiro atoms. The number of guanidine groups is 1. The number of hydrogen-bond acceptors (Lipinski definition) is 2. The van der Waals surface area contributed by atoms with Gasteiger partial charge in [-0.3, -0.25) is 4.99 Å². The average Bonchev–Trinajstić information content (AvgIpc) is 2.59. The molecule has 0 radical (unpaired) electrons. The fourth-order valence-corrected chi connectivity index (χ4v) is 2.87.